The minimum absolute atomic E-state index is 0.0541. The molecule has 0 radical (unpaired) electrons. The highest BCUT2D eigenvalue weighted by Crippen LogP contribution is 2.47. The van der Waals surface area contributed by atoms with E-state index in [4.69, 9.17) is 9.47 Å². The number of carboxylic acid groups (broad SMARTS) is 1. The number of ether oxygens (including phenoxy) is 2. The lowest BCUT2D eigenvalue weighted by atomic mass is 9.84. The summed E-state index contributed by atoms with van der Waals surface area (Å²) >= 11 is 0. The smallest absolute Gasteiger partial charge is 0.335 e. The summed E-state index contributed by atoms with van der Waals surface area (Å²) in [7, 11) is 3.02. The number of fused-ring (bicyclic) bond motifs is 1. The molecule has 2 N–H and O–H groups in total. The number of para-hydroxylation sites is 1. The fourth-order valence-electron chi connectivity index (χ4n) is 4.58. The molecule has 0 bridgehead atoms. The molecule has 0 aliphatic heterocycles. The normalized spacial score (nSPS) is 11.7. The Hall–Kier alpha value is -3.84. The first kappa shape index (κ1) is 23.3. The van der Waals surface area contributed by atoms with Crippen LogP contribution in [0.5, 0.6) is 11.5 Å². The van der Waals surface area contributed by atoms with Crippen LogP contribution < -0.4 is 4.74 Å². The SMILES string of the molecule is COCC(C)(C)c1c(-c2ccc(C(=O)O)cc2)c2c(O)cccc2n1-c1cccc(F)c1OC. The van der Waals surface area contributed by atoms with Gasteiger partial charge in [-0.05, 0) is 42.0 Å². The first-order valence-electron chi connectivity index (χ1n) is 10.7. The van der Waals surface area contributed by atoms with E-state index in [1.165, 1.54) is 25.3 Å². The maximum Gasteiger partial charge on any atom is 0.335 e. The van der Waals surface area contributed by atoms with Gasteiger partial charge in [0, 0.05) is 29.2 Å². The number of rotatable bonds is 7. The molecule has 0 aliphatic rings. The van der Waals surface area contributed by atoms with Gasteiger partial charge < -0.3 is 24.3 Å². The molecular weight excluding hydrogens is 437 g/mol. The standard InChI is InChI=1S/C27H26FNO5/c1-27(2,15-33-3)25-22(16-11-13-17(14-12-16)26(31)32)23-19(8-6-10-21(23)30)29(25)20-9-5-7-18(28)24(20)34-4/h5-14,30H,15H2,1-4H3,(H,31,32). The Labute approximate surface area is 196 Å². The Bertz CT molecular complexity index is 1370. The highest BCUT2D eigenvalue weighted by atomic mass is 19.1. The van der Waals surface area contributed by atoms with Crippen molar-refractivity contribution in [3.8, 4) is 28.3 Å². The second kappa shape index (κ2) is 8.83. The molecule has 7 heteroatoms. The molecule has 1 aromatic heterocycles. The number of aromatic nitrogens is 1. The minimum atomic E-state index is -1.03. The van der Waals surface area contributed by atoms with Crippen LogP contribution in [-0.2, 0) is 10.2 Å². The van der Waals surface area contributed by atoms with E-state index >= 15 is 0 Å². The van der Waals surface area contributed by atoms with Crippen molar-refractivity contribution in [2.45, 2.75) is 19.3 Å². The molecule has 1 heterocycles. The van der Waals surface area contributed by atoms with Crippen LogP contribution in [0.15, 0.2) is 60.7 Å². The molecule has 0 spiro atoms. The molecule has 0 unspecified atom stereocenters. The second-order valence-electron chi connectivity index (χ2n) is 8.72. The van der Waals surface area contributed by atoms with Crippen molar-refractivity contribution in [3.63, 3.8) is 0 Å². The van der Waals surface area contributed by atoms with E-state index in [1.54, 1.807) is 43.5 Å². The third kappa shape index (κ3) is 3.78. The molecule has 4 rings (SSSR count). The van der Waals surface area contributed by atoms with Gasteiger partial charge in [0.1, 0.15) is 5.75 Å². The number of aromatic hydroxyl groups is 1. The molecule has 0 amide bonds. The maximum absolute atomic E-state index is 14.8. The Kier molecular flexibility index (Phi) is 6.06. The van der Waals surface area contributed by atoms with Crippen LogP contribution >= 0.6 is 0 Å². The molecule has 176 valence electrons. The number of phenolic OH excluding ortho intramolecular Hbond substituents is 1. The van der Waals surface area contributed by atoms with Gasteiger partial charge in [-0.2, -0.15) is 0 Å². The van der Waals surface area contributed by atoms with Crippen molar-refractivity contribution < 1.29 is 28.9 Å². The van der Waals surface area contributed by atoms with Crippen LogP contribution in [0.4, 0.5) is 4.39 Å². The fraction of sp³-hybridized carbons (Fsp3) is 0.222. The summed E-state index contributed by atoms with van der Waals surface area (Å²) < 4.78 is 27.6. The number of benzene rings is 3. The average Bonchev–Trinajstić information content (AvgIpc) is 3.16. The molecule has 6 nitrogen and oxygen atoms in total. The van der Waals surface area contributed by atoms with Crippen molar-refractivity contribution in [1.29, 1.82) is 0 Å². The molecule has 0 saturated carbocycles. The Morgan fingerprint density at radius 3 is 2.32 bits per heavy atom. The molecule has 34 heavy (non-hydrogen) atoms. The number of hydrogen-bond acceptors (Lipinski definition) is 4. The number of hydrogen-bond donors (Lipinski definition) is 2. The van der Waals surface area contributed by atoms with Crippen molar-refractivity contribution in [2.24, 2.45) is 0 Å². The van der Waals surface area contributed by atoms with Gasteiger partial charge in [0.25, 0.3) is 0 Å². The summed E-state index contributed by atoms with van der Waals surface area (Å²) in [6, 6.07) is 16.3. The quantitative estimate of drug-likeness (QED) is 0.364. The van der Waals surface area contributed by atoms with E-state index in [9.17, 15) is 19.4 Å². The molecule has 0 saturated heterocycles. The van der Waals surface area contributed by atoms with Crippen LogP contribution in [-0.4, -0.2) is 41.6 Å². The van der Waals surface area contributed by atoms with E-state index in [2.05, 4.69) is 0 Å². The lowest BCUT2D eigenvalue weighted by Crippen LogP contribution is -2.27. The number of nitrogens with zero attached hydrogens (tertiary/aromatic N) is 1. The molecule has 3 aromatic carbocycles. The molecule has 0 atom stereocenters. The monoisotopic (exact) mass is 463 g/mol. The number of halogens is 1. The number of carboxylic acids is 1. The van der Waals surface area contributed by atoms with Gasteiger partial charge in [0.15, 0.2) is 11.6 Å². The van der Waals surface area contributed by atoms with E-state index in [0.29, 0.717) is 34.3 Å². The number of aromatic carboxylic acids is 1. The number of phenols is 1. The van der Waals surface area contributed by atoms with Gasteiger partial charge in [0.05, 0.1) is 30.5 Å². The minimum Gasteiger partial charge on any atom is -0.507 e. The van der Waals surface area contributed by atoms with Gasteiger partial charge in [0.2, 0.25) is 0 Å². The zero-order valence-corrected chi connectivity index (χ0v) is 19.4. The van der Waals surface area contributed by atoms with Crippen LogP contribution in [0.1, 0.15) is 29.9 Å². The predicted octanol–water partition coefficient (Wildman–Crippen LogP) is 5.77. The van der Waals surface area contributed by atoms with Gasteiger partial charge in [-0.1, -0.05) is 38.1 Å². The zero-order valence-electron chi connectivity index (χ0n) is 19.4. The number of methoxy groups -OCH3 is 2. The highest BCUT2D eigenvalue weighted by Gasteiger charge is 2.34. The third-order valence-corrected chi connectivity index (χ3v) is 5.93. The van der Waals surface area contributed by atoms with Crippen LogP contribution in [0.25, 0.3) is 27.7 Å². The van der Waals surface area contributed by atoms with Crippen LogP contribution in [0, 0.1) is 5.82 Å². The molecule has 0 aliphatic carbocycles. The summed E-state index contributed by atoms with van der Waals surface area (Å²) in [4.78, 5) is 11.4. The lowest BCUT2D eigenvalue weighted by Gasteiger charge is -2.28. The highest BCUT2D eigenvalue weighted by molar-refractivity contribution is 6.04. The van der Waals surface area contributed by atoms with E-state index in [1.807, 2.05) is 24.5 Å². The van der Waals surface area contributed by atoms with Crippen LogP contribution in [0.3, 0.4) is 0 Å². The first-order valence-corrected chi connectivity index (χ1v) is 10.7. The summed E-state index contributed by atoms with van der Waals surface area (Å²) in [5.41, 5.74) is 2.87. The zero-order chi connectivity index (χ0) is 24.6. The van der Waals surface area contributed by atoms with Gasteiger partial charge >= 0.3 is 5.97 Å². The fourth-order valence-corrected chi connectivity index (χ4v) is 4.58. The summed E-state index contributed by atoms with van der Waals surface area (Å²) in [5, 5.41) is 20.9. The van der Waals surface area contributed by atoms with Gasteiger partial charge in [-0.25, -0.2) is 9.18 Å². The molecule has 0 fully saturated rings. The van der Waals surface area contributed by atoms with Crippen molar-refractivity contribution in [3.05, 3.63) is 77.7 Å². The predicted molar refractivity (Wildman–Crippen MR) is 129 cm³/mol. The molecular formula is C27H26FNO5. The summed E-state index contributed by atoms with van der Waals surface area (Å²) in [6.07, 6.45) is 0. The average molecular weight is 464 g/mol. The largest absolute Gasteiger partial charge is 0.507 e. The Morgan fingerprint density at radius 1 is 1.03 bits per heavy atom. The van der Waals surface area contributed by atoms with Crippen LogP contribution in [0.2, 0.25) is 0 Å². The van der Waals surface area contributed by atoms with Crippen molar-refractivity contribution in [2.75, 3.05) is 20.8 Å². The van der Waals surface area contributed by atoms with Crippen molar-refractivity contribution >= 4 is 16.9 Å². The third-order valence-electron chi connectivity index (χ3n) is 5.93. The van der Waals surface area contributed by atoms with Gasteiger partial charge in [-0.15, -0.1) is 0 Å². The van der Waals surface area contributed by atoms with E-state index < -0.39 is 17.2 Å². The van der Waals surface area contributed by atoms with Gasteiger partial charge in [-0.3, -0.25) is 0 Å². The first-order chi connectivity index (χ1) is 16.2. The van der Waals surface area contributed by atoms with E-state index in [0.717, 1.165) is 5.69 Å². The van der Waals surface area contributed by atoms with E-state index in [-0.39, 0.29) is 17.1 Å². The topological polar surface area (TPSA) is 80.9 Å². The summed E-state index contributed by atoms with van der Waals surface area (Å²) in [6.45, 7) is 4.33. The second-order valence-corrected chi connectivity index (χ2v) is 8.72. The number of carbonyl (C=O) groups is 1. The maximum atomic E-state index is 14.8. The Morgan fingerprint density at radius 2 is 1.71 bits per heavy atom. The molecule has 4 aromatic rings. The Balaban J connectivity index is 2.20. The van der Waals surface area contributed by atoms with Crippen molar-refractivity contribution in [1.82, 2.24) is 4.57 Å². The lowest BCUT2D eigenvalue weighted by molar-refractivity contribution is 0.0697. The summed E-state index contributed by atoms with van der Waals surface area (Å²) in [5.74, 6) is -1.41.